The van der Waals surface area contributed by atoms with Crippen molar-refractivity contribution in [2.45, 2.75) is 0 Å². The van der Waals surface area contributed by atoms with Crippen molar-refractivity contribution in [2.24, 2.45) is 0 Å². The van der Waals surface area contributed by atoms with Crippen LogP contribution < -0.4 is 35.3 Å². The number of rotatable bonds is 10. The summed E-state index contributed by atoms with van der Waals surface area (Å²) >= 11 is 2.85. The Morgan fingerprint density at radius 2 is 1.61 bits per heavy atom. The number of ether oxygens (including phenoxy) is 4. The van der Waals surface area contributed by atoms with Crippen molar-refractivity contribution in [3.63, 3.8) is 0 Å². The summed E-state index contributed by atoms with van der Waals surface area (Å²) in [5.41, 5.74) is 9.76. The minimum atomic E-state index is -0.232. The molecule has 0 aliphatic rings. The summed E-state index contributed by atoms with van der Waals surface area (Å²) in [7, 11) is 6.24. The predicted molar refractivity (Wildman–Crippen MR) is 163 cm³/mol. The fourth-order valence-corrected chi connectivity index (χ4v) is 5.88. The van der Waals surface area contributed by atoms with Crippen LogP contribution in [0.25, 0.3) is 21.1 Å². The average molecular weight is 590 g/mol. The fraction of sp³-hybridized carbons (Fsp3) is 0.138. The minimum absolute atomic E-state index is 0.232. The number of nitrogens with zero attached hydrogens (tertiary/aromatic N) is 2. The largest absolute Gasteiger partial charge is 0.497 e. The average Bonchev–Trinajstić information content (AvgIpc) is 3.63. The van der Waals surface area contributed by atoms with Gasteiger partial charge < -0.3 is 35.3 Å². The van der Waals surface area contributed by atoms with Gasteiger partial charge in [-0.2, -0.15) is 0 Å². The molecule has 1 amide bonds. The highest BCUT2D eigenvalue weighted by Gasteiger charge is 2.18. The summed E-state index contributed by atoms with van der Waals surface area (Å²) in [5, 5.41) is 9.47. The number of thiazole rings is 2. The van der Waals surface area contributed by atoms with Gasteiger partial charge in [-0.15, -0.1) is 11.3 Å². The highest BCUT2D eigenvalue weighted by molar-refractivity contribution is 7.23. The van der Waals surface area contributed by atoms with Crippen LogP contribution in [0.4, 0.5) is 22.3 Å². The van der Waals surface area contributed by atoms with Crippen LogP contribution >= 0.6 is 22.7 Å². The number of aromatic nitrogens is 2. The van der Waals surface area contributed by atoms with E-state index in [-0.39, 0.29) is 5.91 Å². The summed E-state index contributed by atoms with van der Waals surface area (Å²) in [4.78, 5) is 22.8. The SMILES string of the molecule is COc1cccc(C(=O)Nc2cccc(-c3csc(-c4sc(Nc5cc(OC)c(OC)c(OC)c5)nc4N)n3)c2)c1. The van der Waals surface area contributed by atoms with Crippen LogP contribution in [0.15, 0.2) is 66.0 Å². The van der Waals surface area contributed by atoms with Gasteiger partial charge in [0, 0.05) is 40.0 Å². The van der Waals surface area contributed by atoms with Crippen LogP contribution in [0, 0.1) is 0 Å². The molecule has 0 radical (unpaired) electrons. The van der Waals surface area contributed by atoms with Gasteiger partial charge in [-0.25, -0.2) is 9.97 Å². The molecule has 12 heteroatoms. The van der Waals surface area contributed by atoms with E-state index in [1.807, 2.05) is 29.6 Å². The molecule has 0 aliphatic heterocycles. The Morgan fingerprint density at radius 3 is 2.32 bits per heavy atom. The third-order valence-corrected chi connectivity index (χ3v) is 8.00. The second-order valence-corrected chi connectivity index (χ2v) is 10.4. The summed E-state index contributed by atoms with van der Waals surface area (Å²) in [6.45, 7) is 0. The number of anilines is 4. The van der Waals surface area contributed by atoms with Crippen LogP contribution in [-0.2, 0) is 0 Å². The summed E-state index contributed by atoms with van der Waals surface area (Å²) in [5.74, 6) is 2.29. The number of nitrogens with two attached hydrogens (primary N) is 1. The van der Waals surface area contributed by atoms with Gasteiger partial charge in [-0.1, -0.05) is 29.5 Å². The molecule has 2 aromatic heterocycles. The molecule has 5 rings (SSSR count). The third-order valence-electron chi connectivity index (χ3n) is 6.02. The molecule has 0 saturated carbocycles. The number of hydrogen-bond acceptors (Lipinski definition) is 11. The van der Waals surface area contributed by atoms with Crippen molar-refractivity contribution < 1.29 is 23.7 Å². The zero-order chi connectivity index (χ0) is 28.9. The summed E-state index contributed by atoms with van der Waals surface area (Å²) < 4.78 is 21.5. The number of benzene rings is 3. The van der Waals surface area contributed by atoms with Gasteiger partial charge in [0.15, 0.2) is 16.6 Å². The van der Waals surface area contributed by atoms with E-state index in [1.165, 1.54) is 22.7 Å². The minimum Gasteiger partial charge on any atom is -0.497 e. The quantitative estimate of drug-likeness (QED) is 0.166. The van der Waals surface area contributed by atoms with Crippen LogP contribution in [-0.4, -0.2) is 44.3 Å². The van der Waals surface area contributed by atoms with Crippen LogP contribution in [0.1, 0.15) is 10.4 Å². The number of hydrogen-bond donors (Lipinski definition) is 3. The molecule has 41 heavy (non-hydrogen) atoms. The Kier molecular flexibility index (Phi) is 8.22. The monoisotopic (exact) mass is 589 g/mol. The smallest absolute Gasteiger partial charge is 0.255 e. The van der Waals surface area contributed by atoms with Gasteiger partial charge in [0.25, 0.3) is 5.91 Å². The first kappa shape index (κ1) is 27.7. The second kappa shape index (κ2) is 12.1. The zero-order valence-electron chi connectivity index (χ0n) is 22.7. The lowest BCUT2D eigenvalue weighted by atomic mass is 10.1. The fourth-order valence-electron chi connectivity index (χ4n) is 4.05. The van der Waals surface area contributed by atoms with Gasteiger partial charge in [0.2, 0.25) is 5.75 Å². The first-order chi connectivity index (χ1) is 19.9. The van der Waals surface area contributed by atoms with E-state index in [1.54, 1.807) is 64.8 Å². The van der Waals surface area contributed by atoms with E-state index >= 15 is 0 Å². The summed E-state index contributed by atoms with van der Waals surface area (Å²) in [6.07, 6.45) is 0. The molecular weight excluding hydrogens is 562 g/mol. The van der Waals surface area contributed by atoms with Crippen molar-refractivity contribution >= 4 is 50.9 Å². The maximum Gasteiger partial charge on any atom is 0.255 e. The normalized spacial score (nSPS) is 10.6. The first-order valence-corrected chi connectivity index (χ1v) is 14.0. The Labute approximate surface area is 244 Å². The van der Waals surface area contributed by atoms with E-state index in [0.29, 0.717) is 50.9 Å². The molecule has 0 bridgehead atoms. The molecule has 0 aliphatic carbocycles. The molecule has 0 unspecified atom stereocenters. The van der Waals surface area contributed by atoms with Crippen molar-refractivity contribution in [1.29, 1.82) is 0 Å². The van der Waals surface area contributed by atoms with E-state index in [0.717, 1.165) is 21.1 Å². The molecule has 0 fully saturated rings. The van der Waals surface area contributed by atoms with Gasteiger partial charge in [0.05, 0.1) is 34.1 Å². The molecule has 3 aromatic carbocycles. The zero-order valence-corrected chi connectivity index (χ0v) is 24.3. The molecule has 0 spiro atoms. The number of nitrogen functional groups attached to an aromatic ring is 1. The van der Waals surface area contributed by atoms with E-state index in [2.05, 4.69) is 15.6 Å². The molecular formula is C29H27N5O5S2. The number of methoxy groups -OCH3 is 4. The topological polar surface area (TPSA) is 130 Å². The Morgan fingerprint density at radius 1 is 0.854 bits per heavy atom. The number of nitrogens with one attached hydrogen (secondary N) is 2. The van der Waals surface area contributed by atoms with E-state index in [9.17, 15) is 4.79 Å². The number of amides is 1. The Hall–Kier alpha value is -4.81. The van der Waals surface area contributed by atoms with Gasteiger partial charge in [-0.05, 0) is 30.3 Å². The highest BCUT2D eigenvalue weighted by Crippen LogP contribution is 2.43. The lowest BCUT2D eigenvalue weighted by molar-refractivity contribution is 0.102. The predicted octanol–water partition coefficient (Wildman–Crippen LogP) is 6.55. The summed E-state index contributed by atoms with van der Waals surface area (Å²) in [6, 6.07) is 18.1. The van der Waals surface area contributed by atoms with Crippen LogP contribution in [0.5, 0.6) is 23.0 Å². The number of carbonyl (C=O) groups is 1. The Balaban J connectivity index is 1.34. The molecule has 2 heterocycles. The molecule has 5 aromatic rings. The maximum atomic E-state index is 12.8. The van der Waals surface area contributed by atoms with Crippen LogP contribution in [0.3, 0.4) is 0 Å². The number of carbonyl (C=O) groups excluding carboxylic acids is 1. The maximum absolute atomic E-state index is 12.8. The molecule has 10 nitrogen and oxygen atoms in total. The molecule has 0 saturated heterocycles. The third kappa shape index (κ3) is 6.03. The lowest BCUT2D eigenvalue weighted by Gasteiger charge is -2.14. The van der Waals surface area contributed by atoms with Crippen molar-refractivity contribution in [1.82, 2.24) is 9.97 Å². The molecule has 0 atom stereocenters. The van der Waals surface area contributed by atoms with Gasteiger partial charge in [0.1, 0.15) is 21.5 Å². The van der Waals surface area contributed by atoms with E-state index in [4.69, 9.17) is 29.7 Å². The van der Waals surface area contributed by atoms with E-state index < -0.39 is 0 Å². The highest BCUT2D eigenvalue weighted by atomic mass is 32.1. The van der Waals surface area contributed by atoms with Crippen molar-refractivity contribution in [3.8, 4) is 44.1 Å². The Bertz CT molecular complexity index is 1680. The van der Waals surface area contributed by atoms with Crippen LogP contribution in [0.2, 0.25) is 0 Å². The van der Waals surface area contributed by atoms with Gasteiger partial charge >= 0.3 is 0 Å². The standard InChI is InChI=1S/C29H27N5O5S2/c1-36-20-10-6-8-17(12-20)27(35)31-18-9-5-7-16(11-18)21-15-40-28(33-21)25-26(30)34-29(41-25)32-19-13-22(37-2)24(39-4)23(14-19)38-3/h5-15H,30H2,1-4H3,(H,31,35)(H,32,34). The van der Waals surface area contributed by atoms with Crippen molar-refractivity contribution in [3.05, 3.63) is 71.6 Å². The molecule has 4 N–H and O–H groups in total. The lowest BCUT2D eigenvalue weighted by Crippen LogP contribution is -2.11. The van der Waals surface area contributed by atoms with Gasteiger partial charge in [-0.3, -0.25) is 4.79 Å². The molecule has 210 valence electrons. The second-order valence-electron chi connectivity index (χ2n) is 8.58. The van der Waals surface area contributed by atoms with Crippen molar-refractivity contribution in [2.75, 3.05) is 44.8 Å². The first-order valence-electron chi connectivity index (χ1n) is 12.3.